The number of rotatable bonds is 7. The van der Waals surface area contributed by atoms with Gasteiger partial charge in [0.1, 0.15) is 0 Å². The van der Waals surface area contributed by atoms with E-state index in [2.05, 4.69) is 228 Å². The van der Waals surface area contributed by atoms with E-state index in [1.54, 1.807) is 0 Å². The quantitative estimate of drug-likeness (QED) is 0.158. The molecule has 0 aliphatic carbocycles. The zero-order valence-electron chi connectivity index (χ0n) is 31.1. The lowest BCUT2D eigenvalue weighted by Crippen LogP contribution is -2.11. The van der Waals surface area contributed by atoms with Gasteiger partial charge in [-0.05, 0) is 101 Å². The molecule has 0 atom stereocenters. The summed E-state index contributed by atoms with van der Waals surface area (Å²) < 4.78 is 5.06. The van der Waals surface area contributed by atoms with Crippen molar-refractivity contribution in [2.75, 3.05) is 4.90 Å². The van der Waals surface area contributed by atoms with Gasteiger partial charge in [-0.3, -0.25) is 0 Å². The number of hydrogen-bond acceptors (Lipinski definition) is 2. The third-order valence-corrected chi connectivity index (χ3v) is 12.3. The van der Waals surface area contributed by atoms with Gasteiger partial charge >= 0.3 is 0 Å². The van der Waals surface area contributed by atoms with E-state index in [4.69, 9.17) is 0 Å². The fraction of sp³-hybridized carbons (Fsp3) is 0. The van der Waals surface area contributed by atoms with Crippen molar-refractivity contribution < 1.29 is 0 Å². The molecule has 2 heterocycles. The first-order valence-corrected chi connectivity index (χ1v) is 20.2. The van der Waals surface area contributed by atoms with Crippen molar-refractivity contribution in [1.82, 2.24) is 4.57 Å². The predicted molar refractivity (Wildman–Crippen MR) is 245 cm³/mol. The summed E-state index contributed by atoms with van der Waals surface area (Å²) in [7, 11) is 0. The molecule has 9 aromatic carbocycles. The fourth-order valence-electron chi connectivity index (χ4n) is 8.50. The van der Waals surface area contributed by atoms with Crippen LogP contribution >= 0.6 is 11.3 Å². The van der Waals surface area contributed by atoms with E-state index in [0.29, 0.717) is 0 Å². The van der Waals surface area contributed by atoms with Crippen LogP contribution in [0.2, 0.25) is 0 Å². The maximum Gasteiger partial charge on any atom is 0.0541 e. The molecule has 11 aromatic rings. The van der Waals surface area contributed by atoms with Crippen molar-refractivity contribution in [3.63, 3.8) is 0 Å². The molecule has 0 N–H and O–H groups in total. The maximum absolute atomic E-state index is 2.43. The first kappa shape index (κ1) is 33.2. The molecule has 268 valence electrons. The molecule has 0 spiro atoms. The lowest BCUT2D eigenvalue weighted by molar-refractivity contribution is 1.19. The Hall–Kier alpha value is -7.20. The van der Waals surface area contributed by atoms with Crippen LogP contribution in [0.3, 0.4) is 0 Å². The van der Waals surface area contributed by atoms with E-state index in [9.17, 15) is 0 Å². The maximum atomic E-state index is 2.43. The van der Waals surface area contributed by atoms with E-state index >= 15 is 0 Å². The van der Waals surface area contributed by atoms with Crippen molar-refractivity contribution >= 4 is 70.4 Å². The first-order chi connectivity index (χ1) is 28.3. The summed E-state index contributed by atoms with van der Waals surface area (Å²) in [6.07, 6.45) is 0. The number of benzene rings is 9. The minimum absolute atomic E-state index is 1.11. The van der Waals surface area contributed by atoms with Crippen LogP contribution in [-0.4, -0.2) is 4.57 Å². The molecule has 0 aliphatic heterocycles. The second kappa shape index (κ2) is 13.8. The van der Waals surface area contributed by atoms with Crippen molar-refractivity contribution in [2.45, 2.75) is 0 Å². The van der Waals surface area contributed by atoms with E-state index < -0.39 is 0 Å². The highest BCUT2D eigenvalue weighted by Crippen LogP contribution is 2.43. The highest BCUT2D eigenvalue weighted by Gasteiger charge is 2.19. The summed E-state index contributed by atoms with van der Waals surface area (Å²) in [5, 5.41) is 5.14. The van der Waals surface area contributed by atoms with Crippen LogP contribution in [0.5, 0.6) is 0 Å². The largest absolute Gasteiger partial charge is 0.310 e. The SMILES string of the molecule is c1ccc(-c2ccc(N(c3ccccc3)c3ccccc3-c3cccc(-c4ccc5c(c4)c4ccccc4n5-c4ccc5c(c4)sc4ccccc45)c3)cc2)cc1. The van der Waals surface area contributed by atoms with Crippen molar-refractivity contribution in [1.29, 1.82) is 0 Å². The molecule has 0 fully saturated rings. The minimum atomic E-state index is 1.11. The minimum Gasteiger partial charge on any atom is -0.310 e. The molecule has 0 saturated carbocycles. The Balaban J connectivity index is 1.00. The second-order valence-corrected chi connectivity index (χ2v) is 15.6. The summed E-state index contributed by atoms with van der Waals surface area (Å²) in [6, 6.07) is 79.3. The van der Waals surface area contributed by atoms with Crippen molar-refractivity contribution in [3.05, 3.63) is 218 Å². The number of aromatic nitrogens is 1. The van der Waals surface area contributed by atoms with E-state index in [1.807, 2.05) is 11.3 Å². The Bertz CT molecular complexity index is 3230. The van der Waals surface area contributed by atoms with Crippen molar-refractivity contribution in [2.24, 2.45) is 0 Å². The smallest absolute Gasteiger partial charge is 0.0541 e. The van der Waals surface area contributed by atoms with E-state index in [1.165, 1.54) is 81.0 Å². The zero-order valence-corrected chi connectivity index (χ0v) is 31.9. The molecular weight excluding hydrogens is 709 g/mol. The molecule has 0 amide bonds. The molecule has 0 radical (unpaired) electrons. The van der Waals surface area contributed by atoms with Gasteiger partial charge in [0.25, 0.3) is 0 Å². The van der Waals surface area contributed by atoms with E-state index in [0.717, 1.165) is 17.1 Å². The Morgan fingerprint density at radius 2 is 0.930 bits per heavy atom. The van der Waals surface area contributed by atoms with Gasteiger partial charge in [-0.15, -0.1) is 11.3 Å². The summed E-state index contributed by atoms with van der Waals surface area (Å²) in [4.78, 5) is 2.37. The van der Waals surface area contributed by atoms with Crippen LogP contribution in [0, 0.1) is 0 Å². The summed E-state index contributed by atoms with van der Waals surface area (Å²) in [5.41, 5.74) is 14.1. The highest BCUT2D eigenvalue weighted by molar-refractivity contribution is 7.25. The van der Waals surface area contributed by atoms with Crippen LogP contribution in [-0.2, 0) is 0 Å². The molecule has 0 aliphatic rings. The van der Waals surface area contributed by atoms with Gasteiger partial charge in [0.05, 0.1) is 16.7 Å². The lowest BCUT2D eigenvalue weighted by Gasteiger charge is -2.28. The van der Waals surface area contributed by atoms with Crippen molar-refractivity contribution in [3.8, 4) is 39.1 Å². The zero-order chi connectivity index (χ0) is 37.7. The van der Waals surface area contributed by atoms with E-state index in [-0.39, 0.29) is 0 Å². The molecule has 2 aromatic heterocycles. The Morgan fingerprint density at radius 1 is 0.333 bits per heavy atom. The monoisotopic (exact) mass is 744 g/mol. The molecular formula is C54H36N2S. The van der Waals surface area contributed by atoms with Gasteiger partial charge < -0.3 is 9.47 Å². The lowest BCUT2D eigenvalue weighted by atomic mass is 9.96. The normalized spacial score (nSPS) is 11.5. The second-order valence-electron chi connectivity index (χ2n) is 14.5. The Morgan fingerprint density at radius 3 is 1.79 bits per heavy atom. The van der Waals surface area contributed by atoms with Crippen LogP contribution in [0.1, 0.15) is 0 Å². The molecule has 0 bridgehead atoms. The molecule has 57 heavy (non-hydrogen) atoms. The van der Waals surface area contributed by atoms with Crippen LogP contribution in [0.4, 0.5) is 17.1 Å². The highest BCUT2D eigenvalue weighted by atomic mass is 32.1. The standard InChI is InChI=1S/C54H36N2S/c1-3-14-37(15-4-1)38-26-29-43(30-27-38)55(42-18-5-2-6-19-42)50-23-10-7-20-45(50)41-17-13-16-39(34-41)40-28-33-52-49(35-40)46-21-8-11-24-51(46)56(52)44-31-32-48-47-22-9-12-25-53(47)57-54(48)36-44/h1-36H. The average molecular weight is 745 g/mol. The molecule has 11 rings (SSSR count). The molecule has 3 heteroatoms. The van der Waals surface area contributed by atoms with Gasteiger partial charge in [-0.2, -0.15) is 0 Å². The Kier molecular flexibility index (Phi) is 8.04. The average Bonchev–Trinajstić information content (AvgIpc) is 3.83. The topological polar surface area (TPSA) is 8.17 Å². The van der Waals surface area contributed by atoms with Gasteiger partial charge in [0.2, 0.25) is 0 Å². The molecule has 0 saturated heterocycles. The number of anilines is 3. The summed E-state index contributed by atoms with van der Waals surface area (Å²) in [6.45, 7) is 0. The molecule has 0 unspecified atom stereocenters. The number of fused-ring (bicyclic) bond motifs is 6. The van der Waals surface area contributed by atoms with Crippen LogP contribution in [0.15, 0.2) is 218 Å². The Labute approximate surface area is 335 Å². The first-order valence-electron chi connectivity index (χ1n) is 19.4. The predicted octanol–water partition coefficient (Wildman–Crippen LogP) is 15.6. The number of para-hydroxylation sites is 3. The third-order valence-electron chi connectivity index (χ3n) is 11.2. The number of nitrogens with zero attached hydrogens (tertiary/aromatic N) is 2. The van der Waals surface area contributed by atoms with Gasteiger partial charge in [0.15, 0.2) is 0 Å². The summed E-state index contributed by atoms with van der Waals surface area (Å²) in [5.74, 6) is 0. The van der Waals surface area contributed by atoms with Gasteiger partial charge in [0, 0.05) is 53.6 Å². The van der Waals surface area contributed by atoms with Crippen LogP contribution < -0.4 is 4.90 Å². The molecule has 2 nitrogen and oxygen atoms in total. The number of hydrogen-bond donors (Lipinski definition) is 0. The summed E-state index contributed by atoms with van der Waals surface area (Å²) >= 11 is 1.87. The third kappa shape index (κ3) is 5.80. The van der Waals surface area contributed by atoms with Crippen LogP contribution in [0.25, 0.3) is 81.0 Å². The van der Waals surface area contributed by atoms with Gasteiger partial charge in [-0.1, -0.05) is 146 Å². The fourth-order valence-corrected chi connectivity index (χ4v) is 9.64. The van der Waals surface area contributed by atoms with Gasteiger partial charge in [-0.25, -0.2) is 0 Å². The number of thiophene rings is 1.